The zero-order valence-electron chi connectivity index (χ0n) is 14.3. The van der Waals surface area contributed by atoms with E-state index in [-0.39, 0.29) is 0 Å². The molecular weight excluding hydrogens is 404 g/mol. The maximum Gasteiger partial charge on any atom is 0.262 e. The molecule has 0 amide bonds. The maximum absolute atomic E-state index is 12.9. The molecular formula is C18H21BrN2O3S. The first-order chi connectivity index (χ1) is 11.9. The zero-order chi connectivity index (χ0) is 18.0. The first-order valence-corrected chi connectivity index (χ1v) is 10.4. The van der Waals surface area contributed by atoms with Crippen LogP contribution in [0.4, 0.5) is 11.4 Å². The highest BCUT2D eigenvalue weighted by Gasteiger charge is 2.21. The molecule has 1 N–H and O–H groups in total. The van der Waals surface area contributed by atoms with Gasteiger partial charge < -0.3 is 9.64 Å². The Morgan fingerprint density at radius 2 is 1.80 bits per heavy atom. The standard InChI is InChI=1S/C18H21BrN2O3S/c1-13-3-6-18(14(2)11-13)25(22,23)20-16-12-15(19)4-5-17(16)21-7-9-24-10-8-21/h3-6,11-12,20H,7-10H2,1-2H3. The highest BCUT2D eigenvalue weighted by molar-refractivity contribution is 9.10. The molecule has 1 aliphatic heterocycles. The SMILES string of the molecule is Cc1ccc(S(=O)(=O)Nc2cc(Br)ccc2N2CCOCC2)c(C)c1. The van der Waals surface area contributed by atoms with Gasteiger partial charge in [-0.25, -0.2) is 8.42 Å². The van der Waals surface area contributed by atoms with E-state index in [2.05, 4.69) is 25.6 Å². The average molecular weight is 425 g/mol. The molecule has 0 aliphatic carbocycles. The smallest absolute Gasteiger partial charge is 0.262 e. The molecule has 25 heavy (non-hydrogen) atoms. The van der Waals surface area contributed by atoms with Crippen LogP contribution in [0.3, 0.4) is 0 Å². The molecule has 0 saturated carbocycles. The number of halogens is 1. The van der Waals surface area contributed by atoms with Crippen LogP contribution in [0.15, 0.2) is 45.8 Å². The molecule has 1 aliphatic rings. The Kier molecular flexibility index (Phi) is 5.36. The summed E-state index contributed by atoms with van der Waals surface area (Å²) in [6.45, 7) is 6.51. The van der Waals surface area contributed by atoms with Gasteiger partial charge in [0, 0.05) is 17.6 Å². The molecule has 1 fully saturated rings. The largest absolute Gasteiger partial charge is 0.378 e. The molecule has 1 saturated heterocycles. The number of rotatable bonds is 4. The van der Waals surface area contributed by atoms with Crippen molar-refractivity contribution >= 4 is 37.3 Å². The van der Waals surface area contributed by atoms with E-state index in [0.29, 0.717) is 23.8 Å². The molecule has 0 aromatic heterocycles. The fourth-order valence-corrected chi connectivity index (χ4v) is 4.62. The Hall–Kier alpha value is -1.57. The number of anilines is 2. The van der Waals surface area contributed by atoms with Crippen molar-refractivity contribution < 1.29 is 13.2 Å². The predicted octanol–water partition coefficient (Wildman–Crippen LogP) is 3.70. The van der Waals surface area contributed by atoms with Crippen molar-refractivity contribution in [2.45, 2.75) is 18.7 Å². The zero-order valence-corrected chi connectivity index (χ0v) is 16.7. The van der Waals surface area contributed by atoms with Crippen LogP contribution in [0.25, 0.3) is 0 Å². The van der Waals surface area contributed by atoms with E-state index in [1.54, 1.807) is 12.1 Å². The first-order valence-electron chi connectivity index (χ1n) is 8.09. The predicted molar refractivity (Wildman–Crippen MR) is 104 cm³/mol. The minimum atomic E-state index is -3.67. The number of nitrogens with one attached hydrogen (secondary N) is 1. The molecule has 5 nitrogen and oxygen atoms in total. The Morgan fingerprint density at radius 1 is 1.08 bits per heavy atom. The van der Waals surface area contributed by atoms with Gasteiger partial charge in [0.1, 0.15) is 0 Å². The molecule has 2 aromatic rings. The summed E-state index contributed by atoms with van der Waals surface area (Å²) in [5.41, 5.74) is 3.19. The van der Waals surface area contributed by atoms with E-state index in [0.717, 1.165) is 34.4 Å². The lowest BCUT2D eigenvalue weighted by molar-refractivity contribution is 0.123. The minimum Gasteiger partial charge on any atom is -0.378 e. The summed E-state index contributed by atoms with van der Waals surface area (Å²) in [7, 11) is -3.67. The molecule has 0 radical (unpaired) electrons. The van der Waals surface area contributed by atoms with Crippen molar-refractivity contribution in [2.75, 3.05) is 35.9 Å². The number of sulfonamides is 1. The third-order valence-corrected chi connectivity index (χ3v) is 6.19. The van der Waals surface area contributed by atoms with E-state index < -0.39 is 10.0 Å². The molecule has 3 rings (SSSR count). The average Bonchev–Trinajstić information content (AvgIpc) is 2.55. The normalized spacial score (nSPS) is 15.2. The fraction of sp³-hybridized carbons (Fsp3) is 0.333. The number of hydrogen-bond acceptors (Lipinski definition) is 4. The summed E-state index contributed by atoms with van der Waals surface area (Å²) in [5.74, 6) is 0. The highest BCUT2D eigenvalue weighted by Crippen LogP contribution is 2.32. The van der Waals surface area contributed by atoms with E-state index in [1.807, 2.05) is 38.1 Å². The molecule has 0 bridgehead atoms. The number of morpholine rings is 1. The van der Waals surface area contributed by atoms with Gasteiger partial charge in [-0.15, -0.1) is 0 Å². The topological polar surface area (TPSA) is 58.6 Å². The first kappa shape index (κ1) is 18.2. The van der Waals surface area contributed by atoms with Gasteiger partial charge in [0.05, 0.1) is 29.5 Å². The number of nitrogens with zero attached hydrogens (tertiary/aromatic N) is 1. The van der Waals surface area contributed by atoms with Crippen LogP contribution in [0.5, 0.6) is 0 Å². The van der Waals surface area contributed by atoms with Crippen LogP contribution >= 0.6 is 15.9 Å². The third-order valence-electron chi connectivity index (χ3n) is 4.17. The molecule has 0 atom stereocenters. The molecule has 7 heteroatoms. The van der Waals surface area contributed by atoms with Crippen molar-refractivity contribution in [1.82, 2.24) is 0 Å². The number of ether oxygens (including phenoxy) is 1. The van der Waals surface area contributed by atoms with Crippen molar-refractivity contribution in [3.63, 3.8) is 0 Å². The van der Waals surface area contributed by atoms with Crippen LogP contribution in [0.2, 0.25) is 0 Å². The second kappa shape index (κ2) is 7.35. The Morgan fingerprint density at radius 3 is 2.48 bits per heavy atom. The Balaban J connectivity index is 1.97. The molecule has 2 aromatic carbocycles. The quantitative estimate of drug-likeness (QED) is 0.812. The Bertz CT molecular complexity index is 878. The van der Waals surface area contributed by atoms with Gasteiger partial charge in [-0.1, -0.05) is 33.6 Å². The van der Waals surface area contributed by atoms with Crippen molar-refractivity contribution in [1.29, 1.82) is 0 Å². The van der Waals surface area contributed by atoms with Gasteiger partial charge in [-0.2, -0.15) is 0 Å². The summed E-state index contributed by atoms with van der Waals surface area (Å²) in [4.78, 5) is 2.43. The molecule has 0 unspecified atom stereocenters. The van der Waals surface area contributed by atoms with E-state index >= 15 is 0 Å². The summed E-state index contributed by atoms with van der Waals surface area (Å²) in [6.07, 6.45) is 0. The lowest BCUT2D eigenvalue weighted by Gasteiger charge is -2.30. The third kappa shape index (κ3) is 4.16. The lowest BCUT2D eigenvalue weighted by atomic mass is 10.2. The van der Waals surface area contributed by atoms with Gasteiger partial charge in [0.25, 0.3) is 10.0 Å². The minimum absolute atomic E-state index is 0.297. The van der Waals surface area contributed by atoms with Crippen LogP contribution < -0.4 is 9.62 Å². The second-order valence-electron chi connectivity index (χ2n) is 6.14. The van der Waals surface area contributed by atoms with Crippen molar-refractivity contribution in [3.8, 4) is 0 Å². The van der Waals surface area contributed by atoms with E-state index in [1.165, 1.54) is 0 Å². The number of benzene rings is 2. The van der Waals surface area contributed by atoms with Crippen LogP contribution in [-0.2, 0) is 14.8 Å². The molecule has 0 spiro atoms. The summed E-state index contributed by atoms with van der Waals surface area (Å²) in [6, 6.07) is 11.0. The second-order valence-corrected chi connectivity index (χ2v) is 8.70. The molecule has 1 heterocycles. The number of aryl methyl sites for hydroxylation is 2. The van der Waals surface area contributed by atoms with Gasteiger partial charge in [-0.05, 0) is 43.7 Å². The Labute approximate surface area is 157 Å². The lowest BCUT2D eigenvalue weighted by Crippen LogP contribution is -2.36. The van der Waals surface area contributed by atoms with Gasteiger partial charge in [0.15, 0.2) is 0 Å². The maximum atomic E-state index is 12.9. The highest BCUT2D eigenvalue weighted by atomic mass is 79.9. The van der Waals surface area contributed by atoms with Crippen LogP contribution in [0.1, 0.15) is 11.1 Å². The van der Waals surface area contributed by atoms with Gasteiger partial charge in [0.2, 0.25) is 0 Å². The van der Waals surface area contributed by atoms with Crippen LogP contribution in [-0.4, -0.2) is 34.7 Å². The summed E-state index contributed by atoms with van der Waals surface area (Å²) >= 11 is 3.43. The van der Waals surface area contributed by atoms with Gasteiger partial charge >= 0.3 is 0 Å². The van der Waals surface area contributed by atoms with E-state index in [9.17, 15) is 8.42 Å². The summed E-state index contributed by atoms with van der Waals surface area (Å²) in [5, 5.41) is 0. The fourth-order valence-electron chi connectivity index (χ4n) is 2.97. The number of hydrogen-bond donors (Lipinski definition) is 1. The molecule has 134 valence electrons. The van der Waals surface area contributed by atoms with Crippen molar-refractivity contribution in [2.24, 2.45) is 0 Å². The van der Waals surface area contributed by atoms with Gasteiger partial charge in [-0.3, -0.25) is 4.72 Å². The van der Waals surface area contributed by atoms with Crippen LogP contribution in [0, 0.1) is 13.8 Å². The van der Waals surface area contributed by atoms with Crippen molar-refractivity contribution in [3.05, 3.63) is 52.0 Å². The summed E-state index contributed by atoms with van der Waals surface area (Å²) < 4.78 is 34.8. The van der Waals surface area contributed by atoms with E-state index in [4.69, 9.17) is 4.74 Å². The monoisotopic (exact) mass is 424 g/mol.